The lowest BCUT2D eigenvalue weighted by atomic mass is 9.82. The van der Waals surface area contributed by atoms with Crippen molar-refractivity contribution in [2.45, 2.75) is 31.8 Å². The highest BCUT2D eigenvalue weighted by Gasteiger charge is 2.35. The lowest BCUT2D eigenvalue weighted by molar-refractivity contribution is 0.329. The fraction of sp³-hybridized carbons (Fsp3) is 0.455. The SMILES string of the molecule is CC(C)C[C@@]1(c2ccc(-c3ccc(C4CNCN4)cc3)cc2)CNCN1. The molecule has 2 aliphatic rings. The van der Waals surface area contributed by atoms with E-state index in [-0.39, 0.29) is 5.54 Å². The largest absolute Gasteiger partial charge is 0.303 e. The summed E-state index contributed by atoms with van der Waals surface area (Å²) in [6.07, 6.45) is 1.15. The number of hydrogen-bond acceptors (Lipinski definition) is 4. The third-order valence-corrected chi connectivity index (χ3v) is 5.64. The van der Waals surface area contributed by atoms with Gasteiger partial charge in [0.25, 0.3) is 0 Å². The normalized spacial score (nSPS) is 25.9. The van der Waals surface area contributed by atoms with E-state index in [2.05, 4.69) is 83.6 Å². The Morgan fingerprint density at radius 3 is 2.15 bits per heavy atom. The Bertz CT molecular complexity index is 709. The number of nitrogens with one attached hydrogen (secondary N) is 4. The Labute approximate surface area is 156 Å². The van der Waals surface area contributed by atoms with Crippen LogP contribution in [0.3, 0.4) is 0 Å². The van der Waals surface area contributed by atoms with Crippen molar-refractivity contribution in [3.63, 3.8) is 0 Å². The topological polar surface area (TPSA) is 48.1 Å². The van der Waals surface area contributed by atoms with Gasteiger partial charge in [-0.15, -0.1) is 0 Å². The van der Waals surface area contributed by atoms with Crippen LogP contribution in [-0.2, 0) is 5.54 Å². The van der Waals surface area contributed by atoms with Crippen molar-refractivity contribution in [3.8, 4) is 11.1 Å². The van der Waals surface area contributed by atoms with Crippen LogP contribution in [0.15, 0.2) is 48.5 Å². The van der Waals surface area contributed by atoms with Gasteiger partial charge in [-0.3, -0.25) is 10.6 Å². The highest BCUT2D eigenvalue weighted by atomic mass is 15.2. The number of rotatable bonds is 5. The zero-order chi connectivity index (χ0) is 18.0. The van der Waals surface area contributed by atoms with Crippen LogP contribution in [0, 0.1) is 5.92 Å². The summed E-state index contributed by atoms with van der Waals surface area (Å²) < 4.78 is 0. The average molecular weight is 351 g/mol. The molecule has 2 saturated heterocycles. The summed E-state index contributed by atoms with van der Waals surface area (Å²) in [5, 5.41) is 14.0. The Morgan fingerprint density at radius 2 is 1.62 bits per heavy atom. The van der Waals surface area contributed by atoms with E-state index in [9.17, 15) is 0 Å². The standard InChI is InChI=1S/C22H30N4/c1-16(2)11-22(13-24-15-26-22)20-9-7-18(8-10-20)17-3-5-19(6-4-17)21-12-23-14-25-21/h3-10,16,21,23-26H,11-15H2,1-2H3/t21?,22-/m0/s1. The molecule has 4 rings (SSSR count). The summed E-state index contributed by atoms with van der Waals surface area (Å²) in [5.74, 6) is 0.660. The van der Waals surface area contributed by atoms with Gasteiger partial charge in [-0.2, -0.15) is 0 Å². The van der Waals surface area contributed by atoms with Crippen LogP contribution < -0.4 is 21.3 Å². The molecule has 0 bridgehead atoms. The fourth-order valence-electron chi connectivity index (χ4n) is 4.34. The summed E-state index contributed by atoms with van der Waals surface area (Å²) in [4.78, 5) is 0. The Hall–Kier alpha value is -1.72. The molecule has 138 valence electrons. The molecule has 26 heavy (non-hydrogen) atoms. The van der Waals surface area contributed by atoms with Gasteiger partial charge in [-0.1, -0.05) is 62.4 Å². The van der Waals surface area contributed by atoms with Crippen LogP contribution in [0.1, 0.15) is 37.4 Å². The molecule has 1 unspecified atom stereocenters. The molecule has 2 atom stereocenters. The summed E-state index contributed by atoms with van der Waals surface area (Å²) in [7, 11) is 0. The van der Waals surface area contributed by atoms with E-state index >= 15 is 0 Å². The monoisotopic (exact) mass is 350 g/mol. The van der Waals surface area contributed by atoms with E-state index in [1.54, 1.807) is 0 Å². The van der Waals surface area contributed by atoms with Crippen LogP contribution in [0.5, 0.6) is 0 Å². The van der Waals surface area contributed by atoms with Crippen LogP contribution in [0.25, 0.3) is 11.1 Å². The van der Waals surface area contributed by atoms with Crippen molar-refractivity contribution in [3.05, 3.63) is 59.7 Å². The molecule has 2 aliphatic heterocycles. The maximum atomic E-state index is 3.69. The second-order valence-electron chi connectivity index (χ2n) is 8.05. The molecule has 4 heteroatoms. The van der Waals surface area contributed by atoms with Gasteiger partial charge in [0.05, 0.1) is 5.54 Å². The quantitative estimate of drug-likeness (QED) is 0.670. The Kier molecular flexibility index (Phi) is 5.09. The first-order valence-electron chi connectivity index (χ1n) is 9.77. The Balaban J connectivity index is 1.53. The molecule has 0 radical (unpaired) electrons. The minimum atomic E-state index is 0.0672. The van der Waals surface area contributed by atoms with E-state index in [0.717, 1.165) is 32.8 Å². The average Bonchev–Trinajstić information content (AvgIpc) is 3.34. The van der Waals surface area contributed by atoms with Crippen molar-refractivity contribution in [2.75, 3.05) is 26.4 Å². The third-order valence-electron chi connectivity index (χ3n) is 5.64. The first kappa shape index (κ1) is 17.7. The van der Waals surface area contributed by atoms with Gasteiger partial charge >= 0.3 is 0 Å². The predicted molar refractivity (Wildman–Crippen MR) is 108 cm³/mol. The highest BCUT2D eigenvalue weighted by Crippen LogP contribution is 2.32. The molecule has 2 aromatic carbocycles. The van der Waals surface area contributed by atoms with E-state index in [1.165, 1.54) is 22.3 Å². The lowest BCUT2D eigenvalue weighted by Gasteiger charge is -2.31. The molecule has 0 aliphatic carbocycles. The number of benzene rings is 2. The second-order valence-corrected chi connectivity index (χ2v) is 8.05. The molecule has 0 aromatic heterocycles. The zero-order valence-electron chi connectivity index (χ0n) is 15.8. The molecular weight excluding hydrogens is 320 g/mol. The maximum Gasteiger partial charge on any atom is 0.0573 e. The summed E-state index contributed by atoms with van der Waals surface area (Å²) in [6, 6.07) is 18.5. The van der Waals surface area contributed by atoms with Gasteiger partial charge in [-0.25, -0.2) is 0 Å². The smallest absolute Gasteiger partial charge is 0.0573 e. The van der Waals surface area contributed by atoms with E-state index < -0.39 is 0 Å². The molecule has 2 heterocycles. The van der Waals surface area contributed by atoms with E-state index in [1.807, 2.05) is 0 Å². The maximum absolute atomic E-state index is 3.69. The van der Waals surface area contributed by atoms with Crippen molar-refractivity contribution < 1.29 is 0 Å². The van der Waals surface area contributed by atoms with Crippen LogP contribution in [0.2, 0.25) is 0 Å². The molecular formula is C22H30N4. The lowest BCUT2D eigenvalue weighted by Crippen LogP contribution is -2.40. The molecule has 4 N–H and O–H groups in total. The summed E-state index contributed by atoms with van der Waals surface area (Å²) in [5.41, 5.74) is 5.37. The Morgan fingerprint density at radius 1 is 0.923 bits per heavy atom. The van der Waals surface area contributed by atoms with Crippen molar-refractivity contribution in [1.29, 1.82) is 0 Å². The minimum absolute atomic E-state index is 0.0672. The molecule has 4 nitrogen and oxygen atoms in total. The molecule has 0 amide bonds. The van der Waals surface area contributed by atoms with E-state index in [4.69, 9.17) is 0 Å². The molecule has 0 saturated carbocycles. The van der Waals surface area contributed by atoms with Gasteiger partial charge in [0, 0.05) is 32.5 Å². The third kappa shape index (κ3) is 3.55. The van der Waals surface area contributed by atoms with Crippen LogP contribution in [0.4, 0.5) is 0 Å². The van der Waals surface area contributed by atoms with Crippen LogP contribution >= 0.6 is 0 Å². The van der Waals surface area contributed by atoms with Gasteiger partial charge in [0.15, 0.2) is 0 Å². The molecule has 2 aromatic rings. The summed E-state index contributed by atoms with van der Waals surface area (Å²) >= 11 is 0. The first-order chi connectivity index (χ1) is 12.7. The second kappa shape index (κ2) is 7.49. The minimum Gasteiger partial charge on any atom is -0.303 e. The zero-order valence-corrected chi connectivity index (χ0v) is 15.8. The molecule has 2 fully saturated rings. The predicted octanol–water partition coefficient (Wildman–Crippen LogP) is 2.94. The summed E-state index contributed by atoms with van der Waals surface area (Å²) in [6.45, 7) is 8.39. The van der Waals surface area contributed by atoms with Crippen LogP contribution in [-0.4, -0.2) is 26.4 Å². The number of hydrogen-bond donors (Lipinski definition) is 4. The van der Waals surface area contributed by atoms with Gasteiger partial charge in [-0.05, 0) is 34.6 Å². The van der Waals surface area contributed by atoms with E-state index in [0.29, 0.717) is 12.0 Å². The van der Waals surface area contributed by atoms with Gasteiger partial charge in [0.2, 0.25) is 0 Å². The van der Waals surface area contributed by atoms with Gasteiger partial charge < -0.3 is 10.6 Å². The first-order valence-corrected chi connectivity index (χ1v) is 9.77. The van der Waals surface area contributed by atoms with Crippen molar-refractivity contribution >= 4 is 0 Å². The van der Waals surface area contributed by atoms with Crippen molar-refractivity contribution in [2.24, 2.45) is 5.92 Å². The highest BCUT2D eigenvalue weighted by molar-refractivity contribution is 5.64. The molecule has 0 spiro atoms. The van der Waals surface area contributed by atoms with Crippen molar-refractivity contribution in [1.82, 2.24) is 21.3 Å². The fourth-order valence-corrected chi connectivity index (χ4v) is 4.34. The van der Waals surface area contributed by atoms with Gasteiger partial charge in [0.1, 0.15) is 0 Å².